The zero-order valence-electron chi connectivity index (χ0n) is 12.1. The van der Waals surface area contributed by atoms with E-state index in [0.717, 1.165) is 11.4 Å². The lowest BCUT2D eigenvalue weighted by molar-refractivity contribution is 1.07. The average Bonchev–Trinajstić information content (AvgIpc) is 2.36. The number of nitrogens with two attached hydrogens (primary N) is 1. The van der Waals surface area contributed by atoms with Crippen LogP contribution in [0.5, 0.6) is 0 Å². The first-order chi connectivity index (χ1) is 8.93. The highest BCUT2D eigenvalue weighted by Gasteiger charge is 2.13. The molecule has 4 nitrogen and oxygen atoms in total. The van der Waals surface area contributed by atoms with Gasteiger partial charge in [-0.3, -0.25) is 5.43 Å². The smallest absolute Gasteiger partial charge is 0.237 e. The third-order valence-corrected chi connectivity index (χ3v) is 3.61. The fourth-order valence-corrected chi connectivity index (χ4v) is 2.36. The number of hydrogen-bond donors (Lipinski definition) is 2. The number of hydrazine groups is 1. The predicted molar refractivity (Wildman–Crippen MR) is 79.0 cm³/mol. The van der Waals surface area contributed by atoms with Crippen molar-refractivity contribution >= 4 is 5.95 Å². The monoisotopic (exact) mass is 256 g/mol. The molecule has 19 heavy (non-hydrogen) atoms. The van der Waals surface area contributed by atoms with E-state index in [4.69, 9.17) is 5.84 Å². The molecule has 2 rings (SSSR count). The molecule has 0 fully saturated rings. The van der Waals surface area contributed by atoms with Crippen molar-refractivity contribution in [2.75, 3.05) is 5.43 Å². The van der Waals surface area contributed by atoms with E-state index in [2.05, 4.69) is 49.2 Å². The first kappa shape index (κ1) is 13.5. The summed E-state index contributed by atoms with van der Waals surface area (Å²) < 4.78 is 0. The van der Waals surface area contributed by atoms with E-state index in [1.165, 1.54) is 27.8 Å². The van der Waals surface area contributed by atoms with Crippen molar-refractivity contribution < 1.29 is 0 Å². The normalized spacial score (nSPS) is 10.6. The van der Waals surface area contributed by atoms with E-state index in [1.54, 1.807) is 0 Å². The number of nitrogens with one attached hydrogen (secondary N) is 1. The standard InChI is InChI=1S/C15H20N4/c1-8-6-9(2)12(5)14(11(8)4)13-7-10(3)17-15(18-13)19-16/h6-7H,16H2,1-5H3,(H,17,18,19). The van der Waals surface area contributed by atoms with Crippen molar-refractivity contribution in [3.8, 4) is 11.3 Å². The van der Waals surface area contributed by atoms with Gasteiger partial charge in [0.05, 0.1) is 5.69 Å². The molecule has 2 aromatic rings. The molecule has 0 saturated heterocycles. The van der Waals surface area contributed by atoms with Crippen LogP contribution in [0.4, 0.5) is 5.95 Å². The molecule has 0 spiro atoms. The topological polar surface area (TPSA) is 63.8 Å². The molecule has 0 unspecified atom stereocenters. The van der Waals surface area contributed by atoms with Crippen LogP contribution in [0.1, 0.15) is 27.9 Å². The zero-order chi connectivity index (χ0) is 14.2. The van der Waals surface area contributed by atoms with Gasteiger partial charge in [0.25, 0.3) is 0 Å². The van der Waals surface area contributed by atoms with Gasteiger partial charge in [-0.2, -0.15) is 0 Å². The summed E-state index contributed by atoms with van der Waals surface area (Å²) in [5.74, 6) is 5.88. The minimum Gasteiger partial charge on any atom is -0.292 e. The third-order valence-electron chi connectivity index (χ3n) is 3.61. The van der Waals surface area contributed by atoms with Crippen LogP contribution in [0.15, 0.2) is 12.1 Å². The van der Waals surface area contributed by atoms with Crippen molar-refractivity contribution in [1.29, 1.82) is 0 Å². The minimum atomic E-state index is 0.452. The van der Waals surface area contributed by atoms with Crippen LogP contribution < -0.4 is 11.3 Å². The fraction of sp³-hybridized carbons (Fsp3) is 0.333. The van der Waals surface area contributed by atoms with Gasteiger partial charge in [-0.05, 0) is 62.9 Å². The SMILES string of the molecule is Cc1cc(-c2c(C)c(C)cc(C)c2C)nc(NN)n1. The molecule has 0 aliphatic heterocycles. The summed E-state index contributed by atoms with van der Waals surface area (Å²) in [5, 5.41) is 0. The summed E-state index contributed by atoms with van der Waals surface area (Å²) in [4.78, 5) is 8.71. The quantitative estimate of drug-likeness (QED) is 0.640. The molecular formula is C15H20N4. The predicted octanol–water partition coefficient (Wildman–Crippen LogP) is 2.97. The first-order valence-corrected chi connectivity index (χ1v) is 6.34. The van der Waals surface area contributed by atoms with Crippen molar-refractivity contribution in [2.24, 2.45) is 5.84 Å². The average molecular weight is 256 g/mol. The molecule has 0 saturated carbocycles. The van der Waals surface area contributed by atoms with Gasteiger partial charge >= 0.3 is 0 Å². The largest absolute Gasteiger partial charge is 0.292 e. The second-order valence-electron chi connectivity index (χ2n) is 5.00. The van der Waals surface area contributed by atoms with Crippen LogP contribution in [0.2, 0.25) is 0 Å². The van der Waals surface area contributed by atoms with E-state index in [-0.39, 0.29) is 0 Å². The maximum absolute atomic E-state index is 5.43. The van der Waals surface area contributed by atoms with Crippen LogP contribution in [0, 0.1) is 34.6 Å². The van der Waals surface area contributed by atoms with Gasteiger partial charge in [0.2, 0.25) is 5.95 Å². The van der Waals surface area contributed by atoms with Gasteiger partial charge in [-0.1, -0.05) is 6.07 Å². The lowest BCUT2D eigenvalue weighted by Crippen LogP contribution is -2.11. The summed E-state index contributed by atoms with van der Waals surface area (Å²) in [7, 11) is 0. The Labute approximate surface area is 114 Å². The van der Waals surface area contributed by atoms with Crippen LogP contribution in [-0.4, -0.2) is 9.97 Å². The Morgan fingerprint density at radius 3 is 2.00 bits per heavy atom. The molecule has 100 valence electrons. The number of benzene rings is 1. The van der Waals surface area contributed by atoms with Gasteiger partial charge in [0.1, 0.15) is 0 Å². The summed E-state index contributed by atoms with van der Waals surface area (Å²) in [6, 6.07) is 4.21. The molecule has 0 aliphatic carbocycles. The lowest BCUT2D eigenvalue weighted by atomic mass is 9.92. The third kappa shape index (κ3) is 2.44. The minimum absolute atomic E-state index is 0.452. The number of rotatable bonds is 2. The molecule has 1 heterocycles. The maximum atomic E-state index is 5.43. The lowest BCUT2D eigenvalue weighted by Gasteiger charge is -2.15. The maximum Gasteiger partial charge on any atom is 0.237 e. The van der Waals surface area contributed by atoms with Crippen LogP contribution in [0.3, 0.4) is 0 Å². The number of aromatic nitrogens is 2. The molecule has 4 heteroatoms. The Morgan fingerprint density at radius 1 is 0.895 bits per heavy atom. The van der Waals surface area contributed by atoms with Crippen molar-refractivity contribution in [3.05, 3.63) is 40.1 Å². The van der Waals surface area contributed by atoms with E-state index in [1.807, 2.05) is 13.0 Å². The van der Waals surface area contributed by atoms with Gasteiger partial charge < -0.3 is 0 Å². The van der Waals surface area contributed by atoms with Gasteiger partial charge in [0, 0.05) is 11.3 Å². The Kier molecular flexibility index (Phi) is 3.53. The van der Waals surface area contributed by atoms with E-state index >= 15 is 0 Å². The summed E-state index contributed by atoms with van der Waals surface area (Å²) >= 11 is 0. The molecule has 1 aromatic heterocycles. The van der Waals surface area contributed by atoms with Crippen molar-refractivity contribution in [1.82, 2.24) is 9.97 Å². The van der Waals surface area contributed by atoms with Crippen molar-refractivity contribution in [2.45, 2.75) is 34.6 Å². The fourth-order valence-electron chi connectivity index (χ4n) is 2.36. The highest BCUT2D eigenvalue weighted by molar-refractivity contribution is 5.71. The summed E-state index contributed by atoms with van der Waals surface area (Å²) in [6.07, 6.45) is 0. The highest BCUT2D eigenvalue weighted by atomic mass is 15.3. The Morgan fingerprint density at radius 2 is 1.47 bits per heavy atom. The second kappa shape index (κ2) is 4.97. The number of nitrogens with zero attached hydrogens (tertiary/aromatic N) is 2. The zero-order valence-corrected chi connectivity index (χ0v) is 12.1. The van der Waals surface area contributed by atoms with Gasteiger partial charge in [-0.15, -0.1) is 0 Å². The van der Waals surface area contributed by atoms with E-state index in [9.17, 15) is 0 Å². The molecule has 3 N–H and O–H groups in total. The number of anilines is 1. The summed E-state index contributed by atoms with van der Waals surface area (Å²) in [5.41, 5.74) is 10.6. The van der Waals surface area contributed by atoms with Crippen LogP contribution in [-0.2, 0) is 0 Å². The van der Waals surface area contributed by atoms with Crippen molar-refractivity contribution in [3.63, 3.8) is 0 Å². The molecule has 0 radical (unpaired) electrons. The molecule has 0 aliphatic rings. The molecule has 0 bridgehead atoms. The number of hydrogen-bond acceptors (Lipinski definition) is 4. The number of aryl methyl sites for hydroxylation is 3. The molecule has 1 aromatic carbocycles. The molecular weight excluding hydrogens is 236 g/mol. The summed E-state index contributed by atoms with van der Waals surface area (Å²) in [6.45, 7) is 10.5. The molecule has 0 amide bonds. The number of nitrogen functional groups attached to an aromatic ring is 1. The Bertz CT molecular complexity index is 606. The highest BCUT2D eigenvalue weighted by Crippen LogP contribution is 2.31. The van der Waals surface area contributed by atoms with Gasteiger partial charge in [-0.25, -0.2) is 15.8 Å². The van der Waals surface area contributed by atoms with Crippen LogP contribution in [0.25, 0.3) is 11.3 Å². The Balaban J connectivity index is 2.75. The first-order valence-electron chi connectivity index (χ1n) is 6.34. The second-order valence-corrected chi connectivity index (χ2v) is 5.00. The Hall–Kier alpha value is -1.94. The van der Waals surface area contributed by atoms with Crippen LogP contribution >= 0.6 is 0 Å². The molecule has 0 atom stereocenters. The van der Waals surface area contributed by atoms with E-state index in [0.29, 0.717) is 5.95 Å². The van der Waals surface area contributed by atoms with Gasteiger partial charge in [0.15, 0.2) is 0 Å². The van der Waals surface area contributed by atoms with E-state index < -0.39 is 0 Å².